The van der Waals surface area contributed by atoms with Gasteiger partial charge in [0.15, 0.2) is 53.7 Å². The predicted molar refractivity (Wildman–Crippen MR) is 258 cm³/mol. The molecule has 0 saturated carbocycles. The number of hydrogen-bond acceptors (Lipinski definition) is 17. The van der Waals surface area contributed by atoms with E-state index in [-0.39, 0.29) is 58.3 Å². The smallest absolute Gasteiger partial charge is 0.346 e. The molecule has 0 spiro atoms. The van der Waals surface area contributed by atoms with E-state index in [1.165, 1.54) is 67.8 Å². The molecule has 1 atom stereocenters. The third-order valence-electron chi connectivity index (χ3n) is 9.31. The third-order valence-corrected chi connectivity index (χ3v) is 18.5. The number of sulfone groups is 2. The van der Waals surface area contributed by atoms with Crippen molar-refractivity contribution >= 4 is 69.7 Å². The van der Waals surface area contributed by atoms with Gasteiger partial charge < -0.3 is 40.6 Å². The maximum Gasteiger partial charge on any atom is 0.346 e. The first-order chi connectivity index (χ1) is 32.1. The molecule has 0 fully saturated rings. The summed E-state index contributed by atoms with van der Waals surface area (Å²) in [5.74, 6) is -1.32. The largest absolute Gasteiger partial charge is 0.382 e. The Bertz CT molecular complexity index is 3060. The second-order valence-corrected chi connectivity index (χ2v) is 23.4. The number of anilines is 4. The SMILES string of the molecule is CCOP(=O)(CS(=O)(=O)c1ccc(NC(=O)c2nc(-c3ccc(C)cc3)cnc2N)cc1)OCC.CCOP(=O)(O)CS(=O)(=O)c1ccc(NC(=O)c2nc(-c3ccc(C)cc3)cnc2N)cc1. The highest BCUT2D eigenvalue weighted by molar-refractivity contribution is 7.98. The van der Waals surface area contributed by atoms with Crippen molar-refractivity contribution in [2.45, 2.75) is 44.4 Å². The molecule has 0 bridgehead atoms. The Morgan fingerprint density at radius 3 is 1.28 bits per heavy atom. The lowest BCUT2D eigenvalue weighted by atomic mass is 10.1. The van der Waals surface area contributed by atoms with Gasteiger partial charge in [-0.3, -0.25) is 18.7 Å². The van der Waals surface area contributed by atoms with E-state index < -0.39 is 57.7 Å². The van der Waals surface area contributed by atoms with Gasteiger partial charge in [-0.15, -0.1) is 0 Å². The maximum atomic E-state index is 12.8. The molecule has 6 rings (SSSR count). The van der Waals surface area contributed by atoms with Gasteiger partial charge in [0.2, 0.25) is 0 Å². The van der Waals surface area contributed by atoms with E-state index in [2.05, 4.69) is 35.1 Å². The van der Waals surface area contributed by atoms with Gasteiger partial charge in [-0.2, -0.15) is 0 Å². The fourth-order valence-corrected chi connectivity index (χ4v) is 13.9. The molecule has 7 N–H and O–H groups in total. The summed E-state index contributed by atoms with van der Waals surface area (Å²) in [4.78, 5) is 51.7. The van der Waals surface area contributed by atoms with Gasteiger partial charge in [-0.25, -0.2) is 36.8 Å². The van der Waals surface area contributed by atoms with Crippen LogP contribution in [0, 0.1) is 13.8 Å². The zero-order chi connectivity index (χ0) is 49.9. The number of nitrogens with zero attached hydrogens (tertiary/aromatic N) is 4. The number of benzene rings is 4. The highest BCUT2D eigenvalue weighted by Crippen LogP contribution is 2.50. The molecule has 0 aliphatic rings. The fraction of sp³-hybridized carbons (Fsp3) is 0.227. The van der Waals surface area contributed by atoms with Crippen molar-refractivity contribution in [1.82, 2.24) is 19.9 Å². The number of nitrogens with two attached hydrogens (primary N) is 2. The Balaban J connectivity index is 0.000000255. The molecule has 0 aliphatic heterocycles. The molecule has 2 heterocycles. The number of hydrogen-bond donors (Lipinski definition) is 5. The Hall–Kier alpha value is -6.22. The van der Waals surface area contributed by atoms with Gasteiger partial charge in [0.25, 0.3) is 11.8 Å². The second-order valence-electron chi connectivity index (χ2n) is 14.7. The Morgan fingerprint density at radius 2 is 0.926 bits per heavy atom. The van der Waals surface area contributed by atoms with Crippen LogP contribution in [0.2, 0.25) is 0 Å². The first kappa shape index (κ1) is 52.7. The van der Waals surface area contributed by atoms with E-state index in [1.54, 1.807) is 13.8 Å². The number of rotatable bonds is 18. The molecule has 6 aromatic rings. The van der Waals surface area contributed by atoms with Crippen molar-refractivity contribution in [2.75, 3.05) is 52.9 Å². The lowest BCUT2D eigenvalue weighted by Gasteiger charge is -2.17. The van der Waals surface area contributed by atoms with E-state index in [0.717, 1.165) is 22.3 Å². The number of amides is 2. The molecule has 360 valence electrons. The van der Waals surface area contributed by atoms with Crippen LogP contribution in [0.25, 0.3) is 22.5 Å². The molecule has 4 aromatic carbocycles. The molecule has 1 unspecified atom stereocenters. The monoisotopic (exact) mass is 1010 g/mol. The van der Waals surface area contributed by atoms with Gasteiger partial charge in [0.1, 0.15) is 0 Å². The number of carbonyl (C=O) groups excluding carboxylic acids is 2. The molecule has 20 nitrogen and oxygen atoms in total. The molecule has 2 amide bonds. The van der Waals surface area contributed by atoms with Crippen LogP contribution in [0.3, 0.4) is 0 Å². The van der Waals surface area contributed by atoms with Crippen LogP contribution in [0.15, 0.2) is 119 Å². The first-order valence-electron chi connectivity index (χ1n) is 20.6. The number of nitrogen functional groups attached to an aromatic ring is 2. The maximum absolute atomic E-state index is 12.8. The topological polar surface area (TPSA) is 312 Å². The van der Waals surface area contributed by atoms with Crippen LogP contribution in [0.5, 0.6) is 0 Å². The average Bonchev–Trinajstić information content (AvgIpc) is 3.27. The Labute approximate surface area is 393 Å². The van der Waals surface area contributed by atoms with Crippen molar-refractivity contribution in [3.05, 3.63) is 132 Å². The van der Waals surface area contributed by atoms with E-state index in [1.807, 2.05) is 62.4 Å². The highest BCUT2D eigenvalue weighted by atomic mass is 32.2. The third kappa shape index (κ3) is 14.4. The summed E-state index contributed by atoms with van der Waals surface area (Å²) in [6.45, 7) is 8.61. The zero-order valence-corrected chi connectivity index (χ0v) is 40.9. The number of aryl methyl sites for hydroxylation is 2. The van der Waals surface area contributed by atoms with E-state index in [0.29, 0.717) is 17.1 Å². The average molecular weight is 1010 g/mol. The van der Waals surface area contributed by atoms with Gasteiger partial charge in [0.05, 0.1) is 53.4 Å². The van der Waals surface area contributed by atoms with Crippen LogP contribution in [0.1, 0.15) is 52.9 Å². The number of aromatic nitrogens is 4. The molecule has 0 saturated heterocycles. The molecular weight excluding hydrogens is 959 g/mol. The summed E-state index contributed by atoms with van der Waals surface area (Å²) in [5, 5.41) is 5.22. The summed E-state index contributed by atoms with van der Waals surface area (Å²) in [6.07, 6.45) is 2.96. The summed E-state index contributed by atoms with van der Waals surface area (Å²) in [5.41, 5.74) is 15.0. The minimum Gasteiger partial charge on any atom is -0.382 e. The summed E-state index contributed by atoms with van der Waals surface area (Å²) < 4.78 is 89.5. The highest BCUT2D eigenvalue weighted by Gasteiger charge is 2.33. The molecular formula is C44H50N8O12P2S2. The summed E-state index contributed by atoms with van der Waals surface area (Å²) in [7, 11) is -16.1. The first-order valence-corrected chi connectivity index (χ1v) is 27.4. The van der Waals surface area contributed by atoms with E-state index in [4.69, 9.17) is 20.5 Å². The minimum absolute atomic E-state index is 0.0415. The van der Waals surface area contributed by atoms with Crippen LogP contribution < -0.4 is 22.1 Å². The van der Waals surface area contributed by atoms with Crippen LogP contribution in [0.4, 0.5) is 23.0 Å². The lowest BCUT2D eigenvalue weighted by Crippen LogP contribution is -2.17. The van der Waals surface area contributed by atoms with Gasteiger partial charge in [-0.1, -0.05) is 59.7 Å². The van der Waals surface area contributed by atoms with Gasteiger partial charge >= 0.3 is 15.2 Å². The standard InChI is InChI=1S/C23H27N4O6PS.C21H23N4O6PS/c1-4-32-34(29,33-5-2)15-35(30,31)19-12-10-18(11-13-19)26-23(28)21-22(24)25-14-20(27-21)17-8-6-16(3)7-9-17;1-3-31-32(27,28)13-33(29,30)17-10-8-16(9-11-17)24-21(26)19-20(22)23-12-18(25-19)15-6-4-14(2)5-7-15/h6-14H,4-5,15H2,1-3H3,(H2,24,25)(H,26,28);4-12H,3,13H2,1-2H3,(H2,22,23)(H,24,26)(H,27,28). The Morgan fingerprint density at radius 1 is 0.574 bits per heavy atom. The van der Waals surface area contributed by atoms with Crippen molar-refractivity contribution in [3.63, 3.8) is 0 Å². The van der Waals surface area contributed by atoms with Crippen LogP contribution in [-0.2, 0) is 42.4 Å². The predicted octanol–water partition coefficient (Wildman–Crippen LogP) is 7.52. The van der Waals surface area contributed by atoms with Crippen molar-refractivity contribution in [3.8, 4) is 22.5 Å². The Kier molecular flexibility index (Phi) is 17.6. The molecule has 0 radical (unpaired) electrons. The number of nitrogens with one attached hydrogen (secondary N) is 2. The molecule has 2 aromatic heterocycles. The minimum atomic E-state index is -4.28. The lowest BCUT2D eigenvalue weighted by molar-refractivity contribution is 0.101. The fourth-order valence-electron chi connectivity index (χ4n) is 6.05. The van der Waals surface area contributed by atoms with Crippen molar-refractivity contribution in [1.29, 1.82) is 0 Å². The zero-order valence-electron chi connectivity index (χ0n) is 37.5. The molecule has 24 heteroatoms. The van der Waals surface area contributed by atoms with E-state index >= 15 is 0 Å². The quantitative estimate of drug-likeness (QED) is 0.0520. The molecule has 0 aliphatic carbocycles. The molecule has 68 heavy (non-hydrogen) atoms. The van der Waals surface area contributed by atoms with Gasteiger partial charge in [-0.05, 0) is 83.1 Å². The summed E-state index contributed by atoms with van der Waals surface area (Å²) >= 11 is 0. The van der Waals surface area contributed by atoms with Gasteiger partial charge in [0, 0.05) is 22.5 Å². The number of carbonyl (C=O) groups is 2. The van der Waals surface area contributed by atoms with E-state index in [9.17, 15) is 40.4 Å². The van der Waals surface area contributed by atoms with Crippen LogP contribution in [-0.4, -0.2) is 84.3 Å². The normalized spacial score (nSPS) is 12.6. The van der Waals surface area contributed by atoms with Crippen molar-refractivity contribution in [2.24, 2.45) is 0 Å². The summed E-state index contributed by atoms with van der Waals surface area (Å²) in [6, 6.07) is 25.6. The van der Waals surface area contributed by atoms with Crippen molar-refractivity contribution < 1.29 is 54.0 Å². The van der Waals surface area contributed by atoms with Crippen LogP contribution >= 0.6 is 15.2 Å². The second kappa shape index (κ2) is 22.7.